The number of rotatable bonds is 3. The minimum absolute atomic E-state index is 0.0627. The van der Waals surface area contributed by atoms with Crippen LogP contribution in [-0.4, -0.2) is 5.78 Å². The summed E-state index contributed by atoms with van der Waals surface area (Å²) >= 11 is 18.7. The van der Waals surface area contributed by atoms with Crippen LogP contribution in [0.2, 0.25) is 15.1 Å². The van der Waals surface area contributed by atoms with Crippen LogP contribution in [0.25, 0.3) is 5.70 Å². The maximum absolute atomic E-state index is 13.4. The molecule has 0 radical (unpaired) electrons. The smallest absolute Gasteiger partial charge is 0.186 e. The zero-order chi connectivity index (χ0) is 25.4. The predicted octanol–water partition coefficient (Wildman–Crippen LogP) is 9.98. The fourth-order valence-corrected chi connectivity index (χ4v) is 4.50. The molecule has 2 aromatic rings. The fourth-order valence-electron chi connectivity index (χ4n) is 3.60. The van der Waals surface area contributed by atoms with Gasteiger partial charge in [-0.15, -0.1) is 10.2 Å². The molecule has 0 unspecified atom stereocenters. The number of benzene rings is 2. The van der Waals surface area contributed by atoms with E-state index in [1.165, 1.54) is 0 Å². The normalized spacial score (nSPS) is 15.0. The Labute approximate surface area is 217 Å². The van der Waals surface area contributed by atoms with E-state index in [0.717, 1.165) is 27.8 Å². The summed E-state index contributed by atoms with van der Waals surface area (Å²) in [5.41, 5.74) is 4.55. The number of allylic oxidation sites excluding steroid dienone is 5. The lowest BCUT2D eigenvalue weighted by molar-refractivity contribution is -0.114. The van der Waals surface area contributed by atoms with Crippen molar-refractivity contribution in [3.63, 3.8) is 0 Å². The molecule has 178 valence electrons. The lowest BCUT2D eigenvalue weighted by Gasteiger charge is -2.31. The molecule has 0 aliphatic heterocycles. The number of hydrogen-bond acceptors (Lipinski definition) is 3. The monoisotopic (exact) mass is 514 g/mol. The summed E-state index contributed by atoms with van der Waals surface area (Å²) < 4.78 is 0. The number of azo groups is 1. The second-order valence-corrected chi connectivity index (χ2v) is 11.8. The van der Waals surface area contributed by atoms with Crippen LogP contribution in [-0.2, 0) is 4.79 Å². The van der Waals surface area contributed by atoms with Crippen LogP contribution < -0.4 is 0 Å². The first-order chi connectivity index (χ1) is 15.7. The van der Waals surface area contributed by atoms with Gasteiger partial charge >= 0.3 is 0 Å². The van der Waals surface area contributed by atoms with E-state index in [9.17, 15) is 4.79 Å². The topological polar surface area (TPSA) is 41.8 Å². The molecule has 1 aliphatic carbocycles. The molecule has 0 amide bonds. The highest BCUT2D eigenvalue weighted by atomic mass is 35.5. The number of carbonyl (C=O) groups is 1. The van der Waals surface area contributed by atoms with Gasteiger partial charge in [-0.3, -0.25) is 4.79 Å². The molecule has 0 bridgehead atoms. The first kappa shape index (κ1) is 26.4. The second-order valence-electron chi connectivity index (χ2n) is 10.5. The third-order valence-corrected chi connectivity index (χ3v) is 6.33. The van der Waals surface area contributed by atoms with E-state index < -0.39 is 0 Å². The molecule has 0 aromatic heterocycles. The molecule has 0 heterocycles. The average molecular weight is 516 g/mol. The van der Waals surface area contributed by atoms with E-state index >= 15 is 0 Å². The van der Waals surface area contributed by atoms with E-state index in [2.05, 4.69) is 10.2 Å². The van der Waals surface area contributed by atoms with Crippen molar-refractivity contribution in [2.75, 3.05) is 0 Å². The van der Waals surface area contributed by atoms with E-state index in [4.69, 9.17) is 34.8 Å². The van der Waals surface area contributed by atoms with Crippen molar-refractivity contribution >= 4 is 52.0 Å². The van der Waals surface area contributed by atoms with Gasteiger partial charge in [0.2, 0.25) is 0 Å². The summed E-state index contributed by atoms with van der Waals surface area (Å²) in [6.07, 6.45) is 3.85. The van der Waals surface area contributed by atoms with E-state index in [0.29, 0.717) is 26.5 Å². The van der Waals surface area contributed by atoms with Crippen LogP contribution in [0, 0.1) is 17.8 Å². The molecule has 34 heavy (non-hydrogen) atoms. The van der Waals surface area contributed by atoms with Crippen LogP contribution in [0.5, 0.6) is 0 Å². The van der Waals surface area contributed by atoms with E-state index in [1.807, 2.05) is 84.9 Å². The SMILES string of the molecule is Cc1ccc(C(N=Nc2c(Cl)cc(Cl)cc2Cl)=C2C=C(C(C)(C)C)C(=O)C(C(C)(C)C)=C2)cc1. The molecule has 3 nitrogen and oxygen atoms in total. The zero-order valence-corrected chi connectivity index (χ0v) is 22.8. The number of hydrogen-bond donors (Lipinski definition) is 0. The highest BCUT2D eigenvalue weighted by Crippen LogP contribution is 2.42. The maximum Gasteiger partial charge on any atom is 0.186 e. The lowest BCUT2D eigenvalue weighted by Crippen LogP contribution is -2.28. The molecule has 1 aliphatic rings. The second kappa shape index (κ2) is 9.81. The largest absolute Gasteiger partial charge is 0.289 e. The summed E-state index contributed by atoms with van der Waals surface area (Å²) in [6, 6.07) is 11.2. The minimum atomic E-state index is -0.342. The predicted molar refractivity (Wildman–Crippen MR) is 144 cm³/mol. The Morgan fingerprint density at radius 1 is 0.794 bits per heavy atom. The molecular formula is C28H29Cl3N2O. The first-order valence-corrected chi connectivity index (χ1v) is 12.2. The quantitative estimate of drug-likeness (QED) is 0.375. The fraction of sp³-hybridized carbons (Fsp3) is 0.321. The third kappa shape index (κ3) is 5.89. The van der Waals surface area contributed by atoms with Gasteiger partial charge in [0, 0.05) is 27.3 Å². The maximum atomic E-state index is 13.4. The molecule has 0 saturated carbocycles. The summed E-state index contributed by atoms with van der Waals surface area (Å²) in [5, 5.41) is 10.1. The van der Waals surface area contributed by atoms with Crippen molar-refractivity contribution in [2.45, 2.75) is 48.5 Å². The van der Waals surface area contributed by atoms with E-state index in [1.54, 1.807) is 12.1 Å². The first-order valence-electron chi connectivity index (χ1n) is 11.0. The standard InChI is InChI=1S/C28H29Cl3N2O/c1-16-8-10-17(11-9-16)24(32-33-25-22(30)14-19(29)15-23(25)31)18-12-20(27(2,3)4)26(34)21(13-18)28(5,6)7/h8-15H,1-7H3. The number of nitrogens with zero attached hydrogens (tertiary/aromatic N) is 2. The Hall–Kier alpha value is -2.20. The van der Waals surface area contributed by atoms with Crippen molar-refractivity contribution in [1.82, 2.24) is 0 Å². The molecule has 0 spiro atoms. The molecule has 0 N–H and O–H groups in total. The Morgan fingerprint density at radius 3 is 1.71 bits per heavy atom. The van der Waals surface area contributed by atoms with Gasteiger partial charge in [0.1, 0.15) is 11.4 Å². The van der Waals surface area contributed by atoms with Gasteiger partial charge in [-0.1, -0.05) is 106 Å². The molecule has 6 heteroatoms. The molecule has 3 rings (SSSR count). The molecule has 0 fully saturated rings. The van der Waals surface area contributed by atoms with Crippen molar-refractivity contribution in [1.29, 1.82) is 0 Å². The minimum Gasteiger partial charge on any atom is -0.289 e. The van der Waals surface area contributed by atoms with Gasteiger partial charge in [-0.2, -0.15) is 0 Å². The van der Waals surface area contributed by atoms with Gasteiger partial charge in [-0.25, -0.2) is 0 Å². The van der Waals surface area contributed by atoms with Gasteiger partial charge < -0.3 is 0 Å². The third-order valence-electron chi connectivity index (χ3n) is 5.54. The van der Waals surface area contributed by atoms with Crippen LogP contribution in [0.15, 0.2) is 75.5 Å². The van der Waals surface area contributed by atoms with Crippen LogP contribution in [0.1, 0.15) is 52.7 Å². The van der Waals surface area contributed by atoms with Crippen LogP contribution in [0.4, 0.5) is 5.69 Å². The van der Waals surface area contributed by atoms with Gasteiger partial charge in [0.25, 0.3) is 0 Å². The van der Waals surface area contributed by atoms with Crippen molar-refractivity contribution in [2.24, 2.45) is 21.1 Å². The number of carbonyl (C=O) groups excluding carboxylic acids is 1. The number of ketones is 1. The van der Waals surface area contributed by atoms with Gasteiger partial charge in [-0.05, 0) is 42.0 Å². The van der Waals surface area contributed by atoms with Crippen molar-refractivity contribution < 1.29 is 4.79 Å². The number of halogens is 3. The van der Waals surface area contributed by atoms with Crippen molar-refractivity contribution in [3.8, 4) is 0 Å². The highest BCUT2D eigenvalue weighted by Gasteiger charge is 2.34. The van der Waals surface area contributed by atoms with E-state index in [-0.39, 0.29) is 16.6 Å². The van der Waals surface area contributed by atoms with Gasteiger partial charge in [0.15, 0.2) is 5.78 Å². The average Bonchev–Trinajstić information content (AvgIpc) is 2.69. The van der Waals surface area contributed by atoms with Crippen LogP contribution in [0.3, 0.4) is 0 Å². The van der Waals surface area contributed by atoms with Crippen molar-refractivity contribution in [3.05, 3.63) is 91.5 Å². The van der Waals surface area contributed by atoms with Crippen LogP contribution >= 0.6 is 34.8 Å². The summed E-state index contributed by atoms with van der Waals surface area (Å²) in [7, 11) is 0. The highest BCUT2D eigenvalue weighted by molar-refractivity contribution is 6.41. The Bertz CT molecular complexity index is 1190. The Morgan fingerprint density at radius 2 is 1.26 bits per heavy atom. The number of Topliss-reactive ketones (excluding diaryl/α,β-unsaturated/α-hetero) is 1. The summed E-state index contributed by atoms with van der Waals surface area (Å²) in [6.45, 7) is 14.3. The molecule has 0 saturated heterocycles. The lowest BCUT2D eigenvalue weighted by atomic mass is 9.71. The Kier molecular flexibility index (Phi) is 7.62. The Balaban J connectivity index is 2.33. The molecule has 0 atom stereocenters. The summed E-state index contributed by atoms with van der Waals surface area (Å²) in [4.78, 5) is 13.4. The summed E-state index contributed by atoms with van der Waals surface area (Å²) in [5.74, 6) is 0.0627. The molecule has 2 aromatic carbocycles. The zero-order valence-electron chi connectivity index (χ0n) is 20.6. The van der Waals surface area contributed by atoms with Gasteiger partial charge in [0.05, 0.1) is 10.0 Å². The number of aryl methyl sites for hydroxylation is 1. The molecular weight excluding hydrogens is 487 g/mol.